The van der Waals surface area contributed by atoms with Gasteiger partial charge in [-0.1, -0.05) is 234 Å². The zero-order valence-corrected chi connectivity index (χ0v) is 48.4. The van der Waals surface area contributed by atoms with Crippen LogP contribution in [0.5, 0.6) is 0 Å². The Kier molecular flexibility index (Phi) is 18.6. The average Bonchev–Trinajstić information content (AvgIpc) is 3.74. The van der Waals surface area contributed by atoms with Gasteiger partial charge in [-0.3, -0.25) is 0 Å². The molecule has 438 valence electrons. The minimum Gasteiger partial charge on any atom is -0.166 e. The van der Waals surface area contributed by atoms with Gasteiger partial charge in [0.2, 0.25) is 0 Å². The van der Waals surface area contributed by atoms with Gasteiger partial charge in [0.05, 0.1) is 16.7 Å². The van der Waals surface area contributed by atoms with Crippen molar-refractivity contribution in [3.63, 3.8) is 0 Å². The van der Waals surface area contributed by atoms with Crippen molar-refractivity contribution in [2.75, 3.05) is 0 Å². The Hall–Kier alpha value is -9.21. The largest absolute Gasteiger partial charge is 0.416 e. The van der Waals surface area contributed by atoms with Crippen LogP contribution in [-0.4, -0.2) is 0 Å². The topological polar surface area (TPSA) is 0 Å². The predicted molar refractivity (Wildman–Crippen MR) is 341 cm³/mol. The zero-order chi connectivity index (χ0) is 61.3. The molecule has 0 aromatic heterocycles. The van der Waals surface area contributed by atoms with Crippen LogP contribution in [0.3, 0.4) is 0 Å². The van der Waals surface area contributed by atoms with Crippen molar-refractivity contribution < 1.29 is 39.5 Å². The van der Waals surface area contributed by atoms with E-state index in [1.807, 2.05) is 72.8 Å². The highest BCUT2D eigenvalue weighted by Gasteiger charge is 2.31. The predicted octanol–water partition coefficient (Wildman–Crippen LogP) is 24.4. The molecule has 0 spiro atoms. The van der Waals surface area contributed by atoms with Crippen LogP contribution in [0.4, 0.5) is 39.5 Å². The summed E-state index contributed by atoms with van der Waals surface area (Å²) in [6, 6.07) is 78.7. The van der Waals surface area contributed by atoms with Gasteiger partial charge in [-0.05, 0) is 196 Å². The first kappa shape index (κ1) is 60.9. The smallest absolute Gasteiger partial charge is 0.166 e. The number of hydrogen-bond donors (Lipinski definition) is 0. The van der Waals surface area contributed by atoms with E-state index in [0.29, 0.717) is 0 Å². The number of aryl methyl sites for hydroxylation is 3. The number of unbranched alkanes of at least 4 members (excludes halogenated alkanes) is 1. The van der Waals surface area contributed by atoms with Crippen LogP contribution in [0, 0.1) is 0 Å². The SMILES string of the molecule is CCCCc1ccc2cc(-c3ccc(-c4ccc(C(F)(F)F)cc4)cc3)ccc2c1.CCCc1ccc2cc(-c3ccc(-c4ccc(C(F)(F)F)cc4)cc3)ccc2c1.CCc1ccc2cc(-c3ccc(-c4ccc(C(F)(F)F)cc4)cc3)ccc2c1. The minimum absolute atomic E-state index is 0.628. The van der Waals surface area contributed by atoms with E-state index >= 15 is 0 Å². The van der Waals surface area contributed by atoms with Gasteiger partial charge in [-0.25, -0.2) is 0 Å². The summed E-state index contributed by atoms with van der Waals surface area (Å²) in [6.45, 7) is 6.53. The van der Waals surface area contributed by atoms with Gasteiger partial charge in [-0.2, -0.15) is 39.5 Å². The summed E-state index contributed by atoms with van der Waals surface area (Å²) in [7, 11) is 0. The lowest BCUT2D eigenvalue weighted by atomic mass is 9.97. The number of hydrogen-bond acceptors (Lipinski definition) is 0. The molecule has 0 aliphatic rings. The van der Waals surface area contributed by atoms with Crippen molar-refractivity contribution >= 4 is 32.3 Å². The first-order valence-electron chi connectivity index (χ1n) is 29.2. The van der Waals surface area contributed by atoms with Gasteiger partial charge in [-0.15, -0.1) is 0 Å². The fourth-order valence-electron chi connectivity index (χ4n) is 10.7. The molecule has 0 fully saturated rings. The fraction of sp³-hybridized carbons (Fsp3) is 0.154. The Morgan fingerprint density at radius 2 is 0.437 bits per heavy atom. The molecule has 0 saturated heterocycles. The van der Waals surface area contributed by atoms with Crippen LogP contribution < -0.4 is 0 Å². The van der Waals surface area contributed by atoms with Crippen molar-refractivity contribution in [3.05, 3.63) is 288 Å². The van der Waals surface area contributed by atoms with E-state index in [9.17, 15) is 39.5 Å². The number of halogens is 9. The molecule has 0 aliphatic heterocycles. The van der Waals surface area contributed by atoms with E-state index in [-0.39, 0.29) is 0 Å². The molecule has 12 aromatic rings. The Morgan fingerprint density at radius 3 is 0.701 bits per heavy atom. The number of rotatable bonds is 12. The lowest BCUT2D eigenvalue weighted by Gasteiger charge is -2.09. The first-order valence-corrected chi connectivity index (χ1v) is 29.2. The molecule has 0 N–H and O–H groups in total. The Morgan fingerprint density at radius 1 is 0.218 bits per heavy atom. The third-order valence-corrected chi connectivity index (χ3v) is 15.8. The molecule has 0 nitrogen and oxygen atoms in total. The van der Waals surface area contributed by atoms with Crippen molar-refractivity contribution in [3.8, 4) is 66.8 Å². The molecule has 0 aliphatic carbocycles. The van der Waals surface area contributed by atoms with Gasteiger partial charge >= 0.3 is 18.5 Å². The number of fused-ring (bicyclic) bond motifs is 3. The van der Waals surface area contributed by atoms with E-state index in [1.165, 1.54) is 98.2 Å². The van der Waals surface area contributed by atoms with E-state index in [2.05, 4.69) is 130 Å². The molecule has 0 atom stereocenters. The van der Waals surface area contributed by atoms with E-state index in [1.54, 1.807) is 0 Å². The third-order valence-electron chi connectivity index (χ3n) is 15.8. The highest BCUT2D eigenvalue weighted by atomic mass is 19.4. The van der Waals surface area contributed by atoms with Crippen molar-refractivity contribution in [1.29, 1.82) is 0 Å². The van der Waals surface area contributed by atoms with Crippen LogP contribution in [0.25, 0.3) is 99.1 Å². The van der Waals surface area contributed by atoms with E-state index in [4.69, 9.17) is 0 Å². The molecule has 9 heteroatoms. The highest BCUT2D eigenvalue weighted by molar-refractivity contribution is 5.90. The van der Waals surface area contributed by atoms with Gasteiger partial charge in [0.15, 0.2) is 0 Å². The van der Waals surface area contributed by atoms with Crippen molar-refractivity contribution in [1.82, 2.24) is 0 Å². The van der Waals surface area contributed by atoms with Gasteiger partial charge in [0.25, 0.3) is 0 Å². The van der Waals surface area contributed by atoms with Crippen LogP contribution in [0.2, 0.25) is 0 Å². The summed E-state index contributed by atoms with van der Waals surface area (Å²) in [6.07, 6.45) is -6.18. The minimum atomic E-state index is -4.31. The summed E-state index contributed by atoms with van der Waals surface area (Å²) in [5.41, 5.74) is 13.8. The number of benzene rings is 12. The molecule has 0 saturated carbocycles. The second kappa shape index (κ2) is 26.6. The van der Waals surface area contributed by atoms with Crippen LogP contribution in [-0.2, 0) is 37.8 Å². The molecule has 0 radical (unpaired) electrons. The molecule has 12 rings (SSSR count). The molecule has 87 heavy (non-hydrogen) atoms. The maximum Gasteiger partial charge on any atom is 0.416 e. The molecule has 0 unspecified atom stereocenters. The zero-order valence-electron chi connectivity index (χ0n) is 48.4. The summed E-state index contributed by atoms with van der Waals surface area (Å²) >= 11 is 0. The van der Waals surface area contributed by atoms with Gasteiger partial charge in [0.1, 0.15) is 0 Å². The van der Waals surface area contributed by atoms with Crippen LogP contribution >= 0.6 is 0 Å². The lowest BCUT2D eigenvalue weighted by molar-refractivity contribution is -0.138. The normalized spacial score (nSPS) is 11.7. The van der Waals surface area contributed by atoms with Crippen molar-refractivity contribution in [2.45, 2.75) is 77.8 Å². The van der Waals surface area contributed by atoms with Crippen LogP contribution in [0.1, 0.15) is 73.4 Å². The quantitative estimate of drug-likeness (QED) is 0.107. The Labute approximate surface area is 502 Å². The van der Waals surface area contributed by atoms with Crippen molar-refractivity contribution in [2.24, 2.45) is 0 Å². The molecule has 0 amide bonds. The van der Waals surface area contributed by atoms with Crippen LogP contribution in [0.15, 0.2) is 255 Å². The summed E-state index contributed by atoms with van der Waals surface area (Å²) in [4.78, 5) is 0. The maximum atomic E-state index is 12.8. The molecule has 0 heterocycles. The second-order valence-corrected chi connectivity index (χ2v) is 21.9. The number of alkyl halides is 9. The van der Waals surface area contributed by atoms with E-state index in [0.717, 1.165) is 129 Å². The summed E-state index contributed by atoms with van der Waals surface area (Å²) in [5, 5.41) is 7.31. The molecular weight excluding hydrogens is 1110 g/mol. The Balaban J connectivity index is 0.000000145. The standard InChI is InChI=1S/C27H23F3.C26H21F3.C25H19F3/c1-2-3-4-19-5-6-25-18-24(12-11-23(25)17-19)22-9-7-20(8-10-22)21-13-15-26(16-14-21)27(28,29)30;1-2-3-18-4-5-24-17-23(11-10-22(24)16-18)21-8-6-19(7-9-21)20-12-14-25(15-13-20)26(27,28)29;1-2-17-3-4-23-16-22(10-9-21(23)15-17)20-7-5-18(6-8-20)19-11-13-24(14-12-19)25(26,27)28/h5-18H,2-4H2,1H3;4-17H,2-3H2,1H3;3-16H,2H2,1H3. The highest BCUT2D eigenvalue weighted by Crippen LogP contribution is 2.37. The third kappa shape index (κ3) is 15.3. The van der Waals surface area contributed by atoms with Gasteiger partial charge < -0.3 is 0 Å². The second-order valence-electron chi connectivity index (χ2n) is 21.9. The summed E-state index contributed by atoms with van der Waals surface area (Å²) in [5.74, 6) is 0. The lowest BCUT2D eigenvalue weighted by Crippen LogP contribution is -2.03. The first-order chi connectivity index (χ1) is 41.8. The van der Waals surface area contributed by atoms with Gasteiger partial charge in [0, 0.05) is 0 Å². The molecule has 0 bridgehead atoms. The average molecular weight is 1170 g/mol. The monoisotopic (exact) mass is 1170 g/mol. The molecule has 12 aromatic carbocycles. The van der Waals surface area contributed by atoms with E-state index < -0.39 is 35.2 Å². The molecular formula is C78H63F9. The fourth-order valence-corrected chi connectivity index (χ4v) is 10.7. The Bertz CT molecular complexity index is 4250. The maximum absolute atomic E-state index is 12.8. The summed E-state index contributed by atoms with van der Waals surface area (Å²) < 4.78 is 115.